The van der Waals surface area contributed by atoms with Gasteiger partial charge in [0.15, 0.2) is 5.84 Å². The zero-order chi connectivity index (χ0) is 13.7. The third-order valence-electron chi connectivity index (χ3n) is 2.52. The van der Waals surface area contributed by atoms with E-state index in [1.807, 2.05) is 20.8 Å². The molecule has 1 aromatic heterocycles. The number of hydrogen-bond donors (Lipinski definition) is 3. The first kappa shape index (κ1) is 14.0. The van der Waals surface area contributed by atoms with Crippen molar-refractivity contribution in [2.75, 3.05) is 0 Å². The van der Waals surface area contributed by atoms with E-state index in [2.05, 4.69) is 15.5 Å². The number of aryl methyl sites for hydroxylation is 1. The van der Waals surface area contributed by atoms with Crippen LogP contribution in [0, 0.1) is 12.8 Å². The van der Waals surface area contributed by atoms with Gasteiger partial charge in [0.05, 0.1) is 11.6 Å². The lowest BCUT2D eigenvalue weighted by Crippen LogP contribution is -2.47. The minimum absolute atomic E-state index is 0.0148. The highest BCUT2D eigenvalue weighted by molar-refractivity contribution is 5.98. The van der Waals surface area contributed by atoms with E-state index < -0.39 is 6.04 Å². The molecule has 0 spiro atoms. The molecule has 1 heterocycles. The van der Waals surface area contributed by atoms with Gasteiger partial charge in [-0.25, -0.2) is 0 Å². The van der Waals surface area contributed by atoms with Crippen molar-refractivity contribution in [2.24, 2.45) is 16.8 Å². The van der Waals surface area contributed by atoms with E-state index in [-0.39, 0.29) is 17.7 Å². The second-order valence-electron chi connectivity index (χ2n) is 4.47. The Balaban J connectivity index is 2.85. The Bertz CT molecular complexity index is 457. The summed E-state index contributed by atoms with van der Waals surface area (Å²) in [6.45, 7) is 5.60. The first-order valence-electron chi connectivity index (χ1n) is 5.65. The summed E-state index contributed by atoms with van der Waals surface area (Å²) in [6, 6.07) is 1.22. The van der Waals surface area contributed by atoms with Gasteiger partial charge in [0.1, 0.15) is 0 Å². The van der Waals surface area contributed by atoms with Crippen LogP contribution in [0.3, 0.4) is 0 Å². The summed E-state index contributed by atoms with van der Waals surface area (Å²) < 4.78 is 0. The second-order valence-corrected chi connectivity index (χ2v) is 4.47. The molecule has 0 bridgehead atoms. The lowest BCUT2D eigenvalue weighted by atomic mass is 10.0. The summed E-state index contributed by atoms with van der Waals surface area (Å²) in [5.41, 5.74) is 6.89. The van der Waals surface area contributed by atoms with E-state index in [0.29, 0.717) is 5.56 Å². The third-order valence-corrected chi connectivity index (χ3v) is 2.52. The lowest BCUT2D eigenvalue weighted by molar-refractivity contribution is 0.0938. The van der Waals surface area contributed by atoms with Crippen molar-refractivity contribution < 1.29 is 10.0 Å². The molecule has 0 aliphatic rings. The molecule has 0 saturated carbocycles. The summed E-state index contributed by atoms with van der Waals surface area (Å²) in [5.74, 6) is -0.293. The molecule has 6 heteroatoms. The van der Waals surface area contributed by atoms with Gasteiger partial charge in [-0.1, -0.05) is 19.0 Å². The number of amides is 1. The van der Waals surface area contributed by atoms with Gasteiger partial charge in [0, 0.05) is 12.4 Å². The normalized spacial score (nSPS) is 13.4. The topological polar surface area (TPSA) is 101 Å². The lowest BCUT2D eigenvalue weighted by Gasteiger charge is -2.20. The molecule has 6 nitrogen and oxygen atoms in total. The molecule has 18 heavy (non-hydrogen) atoms. The standard InChI is InChI=1S/C12H18N4O2/c1-7(2)10(11(13)16-18)15-12(17)9-4-8(3)5-14-6-9/h4-7,10,18H,1-3H3,(H2,13,16)(H,15,17). The van der Waals surface area contributed by atoms with Crippen LogP contribution >= 0.6 is 0 Å². The number of amidine groups is 1. The van der Waals surface area contributed by atoms with Gasteiger partial charge < -0.3 is 16.3 Å². The molecule has 4 N–H and O–H groups in total. The third kappa shape index (κ3) is 3.44. The Labute approximate surface area is 106 Å². The Kier molecular flexibility index (Phi) is 4.65. The summed E-state index contributed by atoms with van der Waals surface area (Å²) >= 11 is 0. The monoisotopic (exact) mass is 250 g/mol. The highest BCUT2D eigenvalue weighted by atomic mass is 16.4. The number of oxime groups is 1. The maximum absolute atomic E-state index is 12.0. The van der Waals surface area contributed by atoms with Crippen molar-refractivity contribution in [2.45, 2.75) is 26.8 Å². The fourth-order valence-corrected chi connectivity index (χ4v) is 1.55. The van der Waals surface area contributed by atoms with Crippen LogP contribution in [-0.2, 0) is 0 Å². The zero-order valence-electron chi connectivity index (χ0n) is 10.7. The fourth-order valence-electron chi connectivity index (χ4n) is 1.55. The minimum atomic E-state index is -0.511. The molecule has 1 aromatic rings. The number of nitrogens with one attached hydrogen (secondary N) is 1. The molecule has 0 radical (unpaired) electrons. The van der Waals surface area contributed by atoms with Crippen LogP contribution in [-0.4, -0.2) is 28.0 Å². The second kappa shape index (κ2) is 6.00. The largest absolute Gasteiger partial charge is 0.409 e. The van der Waals surface area contributed by atoms with Gasteiger partial charge in [-0.3, -0.25) is 9.78 Å². The van der Waals surface area contributed by atoms with Crippen molar-refractivity contribution >= 4 is 11.7 Å². The van der Waals surface area contributed by atoms with Crippen molar-refractivity contribution in [1.29, 1.82) is 0 Å². The van der Waals surface area contributed by atoms with E-state index in [1.165, 1.54) is 6.20 Å². The number of nitrogens with zero attached hydrogens (tertiary/aromatic N) is 2. The van der Waals surface area contributed by atoms with E-state index in [9.17, 15) is 4.79 Å². The van der Waals surface area contributed by atoms with E-state index >= 15 is 0 Å². The molecule has 1 rings (SSSR count). The molecule has 0 aliphatic heterocycles. The van der Waals surface area contributed by atoms with Crippen LogP contribution in [0.4, 0.5) is 0 Å². The SMILES string of the molecule is Cc1cncc(C(=O)NC(C(N)=NO)C(C)C)c1. The summed E-state index contributed by atoms with van der Waals surface area (Å²) in [4.78, 5) is 15.9. The summed E-state index contributed by atoms with van der Waals surface area (Å²) in [5, 5.41) is 14.3. The number of hydrogen-bond acceptors (Lipinski definition) is 4. The number of pyridine rings is 1. The van der Waals surface area contributed by atoms with Gasteiger partial charge >= 0.3 is 0 Å². The fraction of sp³-hybridized carbons (Fsp3) is 0.417. The Hall–Kier alpha value is -2.11. The average Bonchev–Trinajstić information content (AvgIpc) is 2.34. The van der Waals surface area contributed by atoms with Crippen LogP contribution in [0.2, 0.25) is 0 Å². The average molecular weight is 250 g/mol. The molecule has 98 valence electrons. The van der Waals surface area contributed by atoms with Gasteiger partial charge in [0.25, 0.3) is 5.91 Å². The van der Waals surface area contributed by atoms with E-state index in [4.69, 9.17) is 10.9 Å². The smallest absolute Gasteiger partial charge is 0.253 e. The molecule has 0 saturated heterocycles. The maximum atomic E-state index is 12.0. The molecule has 1 unspecified atom stereocenters. The Morgan fingerprint density at radius 2 is 2.17 bits per heavy atom. The van der Waals surface area contributed by atoms with Crippen molar-refractivity contribution in [3.05, 3.63) is 29.6 Å². The predicted octanol–water partition coefficient (Wildman–Crippen LogP) is 0.891. The quantitative estimate of drug-likeness (QED) is 0.320. The molecular weight excluding hydrogens is 232 g/mol. The molecule has 1 amide bonds. The highest BCUT2D eigenvalue weighted by Gasteiger charge is 2.21. The number of nitrogens with two attached hydrogens (primary N) is 1. The Morgan fingerprint density at radius 3 is 2.67 bits per heavy atom. The maximum Gasteiger partial charge on any atom is 0.253 e. The predicted molar refractivity (Wildman–Crippen MR) is 68.5 cm³/mol. The highest BCUT2D eigenvalue weighted by Crippen LogP contribution is 2.06. The van der Waals surface area contributed by atoms with Crippen LogP contribution in [0.1, 0.15) is 29.8 Å². The van der Waals surface area contributed by atoms with E-state index in [0.717, 1.165) is 5.56 Å². The molecule has 0 fully saturated rings. The Morgan fingerprint density at radius 1 is 1.50 bits per heavy atom. The van der Waals surface area contributed by atoms with Crippen molar-refractivity contribution in [1.82, 2.24) is 10.3 Å². The van der Waals surface area contributed by atoms with Crippen LogP contribution in [0.5, 0.6) is 0 Å². The first-order chi connectivity index (χ1) is 8.45. The molecule has 1 atom stereocenters. The van der Waals surface area contributed by atoms with Gasteiger partial charge in [0.2, 0.25) is 0 Å². The van der Waals surface area contributed by atoms with Crippen LogP contribution in [0.25, 0.3) is 0 Å². The minimum Gasteiger partial charge on any atom is -0.409 e. The summed E-state index contributed by atoms with van der Waals surface area (Å²) in [6.07, 6.45) is 3.15. The van der Waals surface area contributed by atoms with Gasteiger partial charge in [-0.15, -0.1) is 0 Å². The van der Waals surface area contributed by atoms with Crippen LogP contribution in [0.15, 0.2) is 23.6 Å². The van der Waals surface area contributed by atoms with Gasteiger partial charge in [-0.05, 0) is 24.5 Å². The van der Waals surface area contributed by atoms with Crippen LogP contribution < -0.4 is 11.1 Å². The number of carbonyl (C=O) groups is 1. The number of carbonyl (C=O) groups excluding carboxylic acids is 1. The number of aromatic nitrogens is 1. The van der Waals surface area contributed by atoms with E-state index in [1.54, 1.807) is 12.3 Å². The molecular formula is C12H18N4O2. The van der Waals surface area contributed by atoms with Gasteiger partial charge in [-0.2, -0.15) is 0 Å². The zero-order valence-corrected chi connectivity index (χ0v) is 10.7. The van der Waals surface area contributed by atoms with Crippen molar-refractivity contribution in [3.63, 3.8) is 0 Å². The molecule has 0 aliphatic carbocycles. The first-order valence-corrected chi connectivity index (χ1v) is 5.65. The van der Waals surface area contributed by atoms with Crippen molar-refractivity contribution in [3.8, 4) is 0 Å². The molecule has 0 aromatic carbocycles. The number of rotatable bonds is 4. The summed E-state index contributed by atoms with van der Waals surface area (Å²) in [7, 11) is 0.